The Hall–Kier alpha value is -1.10. The lowest BCUT2D eigenvalue weighted by Gasteiger charge is -2.19. The summed E-state index contributed by atoms with van der Waals surface area (Å²) >= 11 is 7.68. The van der Waals surface area contributed by atoms with Crippen LogP contribution in [0.4, 0.5) is 0 Å². The topological polar surface area (TPSA) is 34.2 Å². The largest absolute Gasteiger partial charge is 0.496 e. The third kappa shape index (κ3) is 3.76. The summed E-state index contributed by atoms with van der Waals surface area (Å²) in [6.45, 7) is 7.10. The summed E-state index contributed by atoms with van der Waals surface area (Å²) in [5.74, 6) is 0.930. The van der Waals surface area contributed by atoms with E-state index in [9.17, 15) is 0 Å². The van der Waals surface area contributed by atoms with Crippen molar-refractivity contribution in [1.82, 2.24) is 10.3 Å². The second-order valence-electron chi connectivity index (χ2n) is 5.00. The lowest BCUT2D eigenvalue weighted by Crippen LogP contribution is -2.23. The average Bonchev–Trinajstić information content (AvgIpc) is 2.88. The molecule has 2 aromatic rings. The molecule has 1 atom stereocenters. The Bertz CT molecular complexity index is 612. The lowest BCUT2D eigenvalue weighted by atomic mass is 10.0. The molecule has 2 aromatic heterocycles. The number of hydrogen-bond acceptors (Lipinski definition) is 4. The molecular weight excluding hydrogens is 304 g/mol. The molecule has 21 heavy (non-hydrogen) atoms. The van der Waals surface area contributed by atoms with Crippen molar-refractivity contribution in [3.8, 4) is 5.75 Å². The smallest absolute Gasteiger partial charge is 0.128 e. The Balaban J connectivity index is 2.29. The molecule has 1 N–H and O–H groups in total. The van der Waals surface area contributed by atoms with Gasteiger partial charge in [0.2, 0.25) is 0 Å². The standard InChI is InChI=1S/C16H21ClN2OS/c1-5-18-13(14-6-7-15(17)21-14)8-12-11(3)16(20-4)10(2)9-19-12/h6-7,9,13,18H,5,8H2,1-4H3. The molecule has 2 heterocycles. The molecule has 114 valence electrons. The van der Waals surface area contributed by atoms with Crippen LogP contribution < -0.4 is 10.1 Å². The minimum Gasteiger partial charge on any atom is -0.496 e. The van der Waals surface area contributed by atoms with Gasteiger partial charge in [0.25, 0.3) is 0 Å². The van der Waals surface area contributed by atoms with Gasteiger partial charge in [-0.05, 0) is 32.5 Å². The van der Waals surface area contributed by atoms with Crippen molar-refractivity contribution in [3.05, 3.63) is 44.4 Å². The van der Waals surface area contributed by atoms with Gasteiger partial charge in [-0.25, -0.2) is 0 Å². The van der Waals surface area contributed by atoms with E-state index in [1.165, 1.54) is 4.88 Å². The Morgan fingerprint density at radius 3 is 2.71 bits per heavy atom. The molecule has 2 rings (SSSR count). The fourth-order valence-electron chi connectivity index (χ4n) is 2.51. The van der Waals surface area contributed by atoms with Crippen LogP contribution in [-0.2, 0) is 6.42 Å². The van der Waals surface area contributed by atoms with E-state index < -0.39 is 0 Å². The summed E-state index contributed by atoms with van der Waals surface area (Å²) in [5.41, 5.74) is 3.24. The lowest BCUT2D eigenvalue weighted by molar-refractivity contribution is 0.406. The van der Waals surface area contributed by atoms with E-state index in [1.54, 1.807) is 18.4 Å². The van der Waals surface area contributed by atoms with Gasteiger partial charge in [-0.3, -0.25) is 4.98 Å². The van der Waals surface area contributed by atoms with Crippen LogP contribution in [0.25, 0.3) is 0 Å². The van der Waals surface area contributed by atoms with E-state index in [4.69, 9.17) is 16.3 Å². The first-order chi connectivity index (χ1) is 10.1. The molecule has 0 fully saturated rings. The minimum absolute atomic E-state index is 0.228. The molecule has 0 aliphatic rings. The number of nitrogens with one attached hydrogen (secondary N) is 1. The molecular formula is C16H21ClN2OS. The first-order valence-electron chi connectivity index (χ1n) is 7.04. The van der Waals surface area contributed by atoms with Crippen LogP contribution in [0.15, 0.2) is 18.3 Å². The number of nitrogens with zero attached hydrogens (tertiary/aromatic N) is 1. The Morgan fingerprint density at radius 1 is 1.38 bits per heavy atom. The molecule has 5 heteroatoms. The van der Waals surface area contributed by atoms with Crippen LogP contribution in [0, 0.1) is 13.8 Å². The van der Waals surface area contributed by atoms with Gasteiger partial charge >= 0.3 is 0 Å². The summed E-state index contributed by atoms with van der Waals surface area (Å²) in [5, 5.41) is 3.51. The molecule has 0 amide bonds. The Labute approximate surface area is 135 Å². The van der Waals surface area contributed by atoms with Gasteiger partial charge in [0.1, 0.15) is 5.75 Å². The minimum atomic E-state index is 0.228. The highest BCUT2D eigenvalue weighted by molar-refractivity contribution is 7.16. The zero-order valence-electron chi connectivity index (χ0n) is 12.9. The number of likely N-dealkylation sites (N-methyl/N-ethyl adjacent to an activating group) is 1. The van der Waals surface area contributed by atoms with Crippen molar-refractivity contribution in [3.63, 3.8) is 0 Å². The summed E-state index contributed by atoms with van der Waals surface area (Å²) in [4.78, 5) is 5.83. The van der Waals surface area contributed by atoms with Gasteiger partial charge < -0.3 is 10.1 Å². The number of thiophene rings is 1. The number of hydrogen-bond donors (Lipinski definition) is 1. The van der Waals surface area contributed by atoms with Gasteiger partial charge in [-0.1, -0.05) is 18.5 Å². The maximum Gasteiger partial charge on any atom is 0.128 e. The van der Waals surface area contributed by atoms with Crippen molar-refractivity contribution in [2.45, 2.75) is 33.2 Å². The van der Waals surface area contributed by atoms with Gasteiger partial charge in [0.05, 0.1) is 11.4 Å². The molecule has 0 saturated carbocycles. The maximum atomic E-state index is 6.06. The fraction of sp³-hybridized carbons (Fsp3) is 0.438. The molecule has 0 aliphatic heterocycles. The molecule has 0 aromatic carbocycles. The first kappa shape index (κ1) is 16.3. The highest BCUT2D eigenvalue weighted by Crippen LogP contribution is 2.31. The van der Waals surface area contributed by atoms with E-state index >= 15 is 0 Å². The van der Waals surface area contributed by atoms with Gasteiger partial charge in [0.15, 0.2) is 0 Å². The number of halogens is 1. The van der Waals surface area contributed by atoms with Gasteiger partial charge in [-0.2, -0.15) is 0 Å². The van der Waals surface area contributed by atoms with E-state index in [-0.39, 0.29) is 6.04 Å². The van der Waals surface area contributed by atoms with E-state index in [0.29, 0.717) is 0 Å². The van der Waals surface area contributed by atoms with Crippen LogP contribution in [0.5, 0.6) is 5.75 Å². The van der Waals surface area contributed by atoms with Crippen LogP contribution in [0.1, 0.15) is 34.7 Å². The zero-order valence-corrected chi connectivity index (χ0v) is 14.4. The Morgan fingerprint density at radius 2 is 2.14 bits per heavy atom. The number of aryl methyl sites for hydroxylation is 1. The monoisotopic (exact) mass is 324 g/mol. The molecule has 0 radical (unpaired) electrons. The van der Waals surface area contributed by atoms with Crippen molar-refractivity contribution in [1.29, 1.82) is 0 Å². The average molecular weight is 325 g/mol. The van der Waals surface area contributed by atoms with E-state index in [1.807, 2.05) is 19.2 Å². The third-order valence-electron chi connectivity index (χ3n) is 3.54. The van der Waals surface area contributed by atoms with Crippen molar-refractivity contribution in [2.24, 2.45) is 0 Å². The van der Waals surface area contributed by atoms with Crippen molar-refractivity contribution in [2.75, 3.05) is 13.7 Å². The molecule has 3 nitrogen and oxygen atoms in total. The van der Waals surface area contributed by atoms with Crippen molar-refractivity contribution < 1.29 is 4.74 Å². The van der Waals surface area contributed by atoms with E-state index in [0.717, 1.165) is 39.9 Å². The second kappa shape index (κ2) is 7.25. The second-order valence-corrected chi connectivity index (χ2v) is 6.75. The number of methoxy groups -OCH3 is 1. The van der Waals surface area contributed by atoms with E-state index in [2.05, 4.69) is 30.2 Å². The van der Waals surface area contributed by atoms with Crippen LogP contribution in [0.3, 0.4) is 0 Å². The zero-order chi connectivity index (χ0) is 15.4. The highest BCUT2D eigenvalue weighted by Gasteiger charge is 2.17. The molecule has 0 bridgehead atoms. The molecule has 0 saturated heterocycles. The van der Waals surface area contributed by atoms with Crippen LogP contribution in [0.2, 0.25) is 4.34 Å². The Kier molecular flexibility index (Phi) is 5.62. The number of aromatic nitrogens is 1. The predicted octanol–water partition coefficient (Wildman–Crippen LogP) is 4.32. The highest BCUT2D eigenvalue weighted by atomic mass is 35.5. The first-order valence-corrected chi connectivity index (χ1v) is 8.24. The number of pyridine rings is 1. The summed E-state index contributed by atoms with van der Waals surface area (Å²) in [7, 11) is 1.71. The van der Waals surface area contributed by atoms with Crippen LogP contribution in [-0.4, -0.2) is 18.6 Å². The maximum absolute atomic E-state index is 6.06. The predicted molar refractivity (Wildman–Crippen MR) is 89.7 cm³/mol. The summed E-state index contributed by atoms with van der Waals surface area (Å²) in [6, 6.07) is 4.26. The number of rotatable bonds is 6. The third-order valence-corrected chi connectivity index (χ3v) is 4.88. The summed E-state index contributed by atoms with van der Waals surface area (Å²) in [6.07, 6.45) is 2.71. The fourth-order valence-corrected chi connectivity index (χ4v) is 3.64. The SMILES string of the molecule is CCNC(Cc1ncc(C)c(OC)c1C)c1ccc(Cl)s1. The molecule has 0 aliphatic carbocycles. The van der Waals surface area contributed by atoms with Gasteiger partial charge in [0, 0.05) is 40.4 Å². The quantitative estimate of drug-likeness (QED) is 0.859. The molecule has 1 unspecified atom stereocenters. The normalized spacial score (nSPS) is 12.4. The van der Waals surface area contributed by atoms with Crippen LogP contribution >= 0.6 is 22.9 Å². The van der Waals surface area contributed by atoms with Crippen molar-refractivity contribution >= 4 is 22.9 Å². The summed E-state index contributed by atoms with van der Waals surface area (Å²) < 4.78 is 6.31. The van der Waals surface area contributed by atoms with Gasteiger partial charge in [-0.15, -0.1) is 11.3 Å². The molecule has 0 spiro atoms. The number of ether oxygens (including phenoxy) is 1.